The summed E-state index contributed by atoms with van der Waals surface area (Å²) in [5.74, 6) is 0.278. The van der Waals surface area contributed by atoms with Crippen LogP contribution in [0.4, 0.5) is 13.2 Å². The van der Waals surface area contributed by atoms with Gasteiger partial charge in [-0.3, -0.25) is 0 Å². The van der Waals surface area contributed by atoms with E-state index in [2.05, 4.69) is 5.16 Å². The number of benzene rings is 1. The van der Waals surface area contributed by atoms with Crippen LogP contribution in [-0.4, -0.2) is 17.6 Å². The standard InChI is InChI=1S/C13H15F3N2O2/c14-13(15,16)9-2-1-3-10(6-9)20-8-12(4-5-12)7-11(17)18-19/h1-3,6,19H,4-5,7-8H2,(H2,17,18). The van der Waals surface area contributed by atoms with Crippen molar-refractivity contribution in [2.24, 2.45) is 16.3 Å². The molecule has 3 N–H and O–H groups in total. The molecule has 0 aromatic heterocycles. The second-order valence-electron chi connectivity index (χ2n) is 5.08. The fraction of sp³-hybridized carbons (Fsp3) is 0.462. The third-order valence-corrected chi connectivity index (χ3v) is 3.35. The molecule has 0 aliphatic heterocycles. The number of hydrogen-bond acceptors (Lipinski definition) is 3. The number of alkyl halides is 3. The molecule has 2 rings (SSSR count). The van der Waals surface area contributed by atoms with E-state index in [4.69, 9.17) is 15.7 Å². The Kier molecular flexibility index (Phi) is 3.78. The highest BCUT2D eigenvalue weighted by Crippen LogP contribution is 2.49. The first kappa shape index (κ1) is 14.5. The lowest BCUT2D eigenvalue weighted by molar-refractivity contribution is -0.137. The molecule has 0 saturated heterocycles. The van der Waals surface area contributed by atoms with E-state index in [1.165, 1.54) is 12.1 Å². The number of halogens is 3. The summed E-state index contributed by atoms with van der Waals surface area (Å²) < 4.78 is 43.1. The average molecular weight is 288 g/mol. The van der Waals surface area contributed by atoms with Crippen molar-refractivity contribution in [3.8, 4) is 5.75 Å². The van der Waals surface area contributed by atoms with Crippen molar-refractivity contribution < 1.29 is 23.1 Å². The van der Waals surface area contributed by atoms with Crippen LogP contribution in [0.5, 0.6) is 5.75 Å². The van der Waals surface area contributed by atoms with E-state index in [1.54, 1.807) is 0 Å². The van der Waals surface area contributed by atoms with Crippen LogP contribution in [0.25, 0.3) is 0 Å². The first-order valence-electron chi connectivity index (χ1n) is 6.11. The van der Waals surface area contributed by atoms with E-state index < -0.39 is 11.7 Å². The molecule has 110 valence electrons. The Morgan fingerprint density at radius 1 is 1.40 bits per heavy atom. The summed E-state index contributed by atoms with van der Waals surface area (Å²) in [7, 11) is 0. The molecule has 1 aromatic rings. The van der Waals surface area contributed by atoms with E-state index >= 15 is 0 Å². The maximum atomic E-state index is 12.6. The Hall–Kier alpha value is -1.92. The van der Waals surface area contributed by atoms with Crippen molar-refractivity contribution >= 4 is 5.84 Å². The molecule has 4 nitrogen and oxygen atoms in total. The molecule has 0 amide bonds. The maximum absolute atomic E-state index is 12.6. The van der Waals surface area contributed by atoms with E-state index in [1.807, 2.05) is 0 Å². The summed E-state index contributed by atoms with van der Waals surface area (Å²) in [6.07, 6.45) is -2.31. The van der Waals surface area contributed by atoms with E-state index in [-0.39, 0.29) is 23.6 Å². The summed E-state index contributed by atoms with van der Waals surface area (Å²) in [6.45, 7) is 0.254. The summed E-state index contributed by atoms with van der Waals surface area (Å²) in [6, 6.07) is 4.76. The van der Waals surface area contributed by atoms with Crippen molar-refractivity contribution in [2.45, 2.75) is 25.4 Å². The maximum Gasteiger partial charge on any atom is 0.416 e. The fourth-order valence-electron chi connectivity index (χ4n) is 1.97. The van der Waals surface area contributed by atoms with Gasteiger partial charge in [0.25, 0.3) is 0 Å². The number of hydrogen-bond donors (Lipinski definition) is 2. The molecule has 0 atom stereocenters. The fourth-order valence-corrected chi connectivity index (χ4v) is 1.97. The minimum absolute atomic E-state index is 0.107. The molecule has 1 fully saturated rings. The van der Waals surface area contributed by atoms with Crippen LogP contribution in [0.2, 0.25) is 0 Å². The third kappa shape index (κ3) is 3.55. The Labute approximate surface area is 114 Å². The number of rotatable bonds is 5. The van der Waals surface area contributed by atoms with Gasteiger partial charge >= 0.3 is 6.18 Å². The Morgan fingerprint density at radius 2 is 2.10 bits per heavy atom. The molecule has 7 heteroatoms. The van der Waals surface area contributed by atoms with Crippen LogP contribution in [0.15, 0.2) is 29.4 Å². The van der Waals surface area contributed by atoms with Crippen LogP contribution in [0.3, 0.4) is 0 Å². The van der Waals surface area contributed by atoms with Crippen LogP contribution in [0, 0.1) is 5.41 Å². The van der Waals surface area contributed by atoms with Gasteiger partial charge in [-0.05, 0) is 31.0 Å². The highest BCUT2D eigenvalue weighted by Gasteiger charge is 2.44. The van der Waals surface area contributed by atoms with Crippen LogP contribution in [0.1, 0.15) is 24.8 Å². The molecule has 0 spiro atoms. The zero-order valence-corrected chi connectivity index (χ0v) is 10.7. The summed E-state index contributed by atoms with van der Waals surface area (Å²) in [5.41, 5.74) is 4.49. The lowest BCUT2D eigenvalue weighted by atomic mass is 10.0. The minimum Gasteiger partial charge on any atom is -0.493 e. The number of nitrogens with zero attached hydrogens (tertiary/aromatic N) is 1. The van der Waals surface area contributed by atoms with Gasteiger partial charge in [0, 0.05) is 11.8 Å². The van der Waals surface area contributed by atoms with E-state index in [0.717, 1.165) is 25.0 Å². The zero-order valence-electron chi connectivity index (χ0n) is 10.7. The second kappa shape index (κ2) is 5.22. The Bertz CT molecular complexity index is 511. The second-order valence-corrected chi connectivity index (χ2v) is 5.08. The van der Waals surface area contributed by atoms with Crippen molar-refractivity contribution in [3.63, 3.8) is 0 Å². The van der Waals surface area contributed by atoms with Crippen LogP contribution in [-0.2, 0) is 6.18 Å². The summed E-state index contributed by atoms with van der Waals surface area (Å²) in [5, 5.41) is 11.4. The summed E-state index contributed by atoms with van der Waals surface area (Å²) >= 11 is 0. The van der Waals surface area contributed by atoms with Gasteiger partial charge in [-0.1, -0.05) is 11.2 Å². The molecule has 1 aliphatic carbocycles. The molecular formula is C13H15F3N2O2. The van der Waals surface area contributed by atoms with Gasteiger partial charge in [0.1, 0.15) is 11.6 Å². The third-order valence-electron chi connectivity index (χ3n) is 3.35. The minimum atomic E-state index is -4.38. The predicted molar refractivity (Wildman–Crippen MR) is 66.6 cm³/mol. The van der Waals surface area contributed by atoms with E-state index in [9.17, 15) is 13.2 Å². The van der Waals surface area contributed by atoms with Crippen molar-refractivity contribution in [2.75, 3.05) is 6.61 Å². The molecule has 0 heterocycles. The zero-order chi connectivity index (χ0) is 14.8. The number of amidine groups is 1. The van der Waals surface area contributed by atoms with Crippen LogP contribution < -0.4 is 10.5 Å². The lowest BCUT2D eigenvalue weighted by Gasteiger charge is -2.16. The Morgan fingerprint density at radius 3 is 2.65 bits per heavy atom. The molecule has 0 radical (unpaired) electrons. The molecule has 1 aliphatic rings. The van der Waals surface area contributed by atoms with Crippen LogP contribution >= 0.6 is 0 Å². The molecule has 1 aromatic carbocycles. The first-order chi connectivity index (χ1) is 9.35. The van der Waals surface area contributed by atoms with Crippen molar-refractivity contribution in [3.05, 3.63) is 29.8 Å². The summed E-state index contributed by atoms with van der Waals surface area (Å²) in [4.78, 5) is 0. The van der Waals surface area contributed by atoms with Gasteiger partial charge in [0.15, 0.2) is 0 Å². The first-order valence-corrected chi connectivity index (χ1v) is 6.11. The van der Waals surface area contributed by atoms with Crippen molar-refractivity contribution in [1.29, 1.82) is 0 Å². The van der Waals surface area contributed by atoms with E-state index in [0.29, 0.717) is 6.42 Å². The van der Waals surface area contributed by atoms with Gasteiger partial charge in [0.2, 0.25) is 0 Å². The SMILES string of the molecule is NC(CC1(COc2cccc(C(F)(F)F)c2)CC1)=NO. The monoisotopic (exact) mass is 288 g/mol. The van der Waals surface area contributed by atoms with Crippen molar-refractivity contribution in [1.82, 2.24) is 0 Å². The smallest absolute Gasteiger partial charge is 0.416 e. The molecular weight excluding hydrogens is 273 g/mol. The van der Waals surface area contributed by atoms with Gasteiger partial charge in [-0.15, -0.1) is 0 Å². The highest BCUT2D eigenvalue weighted by atomic mass is 19.4. The normalized spacial score (nSPS) is 17.9. The van der Waals surface area contributed by atoms with Gasteiger partial charge in [-0.2, -0.15) is 13.2 Å². The quantitative estimate of drug-likeness (QED) is 0.379. The molecule has 20 heavy (non-hydrogen) atoms. The lowest BCUT2D eigenvalue weighted by Crippen LogP contribution is -2.22. The number of nitrogens with two attached hydrogens (primary N) is 1. The topological polar surface area (TPSA) is 67.8 Å². The molecule has 0 bridgehead atoms. The number of oxime groups is 1. The Balaban J connectivity index is 1.98. The van der Waals surface area contributed by atoms with Gasteiger partial charge in [0.05, 0.1) is 12.2 Å². The predicted octanol–water partition coefficient (Wildman–Crippen LogP) is 3.00. The number of ether oxygens (including phenoxy) is 1. The van der Waals surface area contributed by atoms with Gasteiger partial charge < -0.3 is 15.7 Å². The highest BCUT2D eigenvalue weighted by molar-refractivity contribution is 5.80. The molecule has 1 saturated carbocycles. The molecule has 0 unspecified atom stereocenters. The largest absolute Gasteiger partial charge is 0.493 e. The average Bonchev–Trinajstić information content (AvgIpc) is 3.16. The van der Waals surface area contributed by atoms with Gasteiger partial charge in [-0.25, -0.2) is 0 Å².